The maximum absolute atomic E-state index is 11.1. The number of imidazole rings is 1. The summed E-state index contributed by atoms with van der Waals surface area (Å²) in [6.07, 6.45) is 17.0. The predicted molar refractivity (Wildman–Crippen MR) is 495 cm³/mol. The van der Waals surface area contributed by atoms with Gasteiger partial charge in [-0.05, 0) is 60.8 Å². The fourth-order valence-electron chi connectivity index (χ4n) is 8.00. The molecular weight excluding hydrogens is 1360 g/mol. The molecule has 1 amide bonds. The van der Waals surface area contributed by atoms with Crippen molar-refractivity contribution in [2.45, 2.75) is 334 Å². The van der Waals surface area contributed by atoms with Crippen molar-refractivity contribution in [3.63, 3.8) is 0 Å². The Bertz CT molecular complexity index is 2590. The van der Waals surface area contributed by atoms with Crippen LogP contribution < -0.4 is 0 Å². The number of fused-ring (bicyclic) bond motifs is 1. The maximum Gasteiger partial charge on any atom is 0.227 e. The molecule has 0 fully saturated rings. The van der Waals surface area contributed by atoms with Gasteiger partial charge in [-0.1, -0.05) is 329 Å². The Morgan fingerprint density at radius 1 is 0.495 bits per heavy atom. The molecule has 0 atom stereocenters. The third-order valence-electron chi connectivity index (χ3n) is 11.8. The van der Waals surface area contributed by atoms with Crippen molar-refractivity contribution in [1.82, 2.24) is 54.1 Å². The van der Waals surface area contributed by atoms with Crippen LogP contribution in [0.4, 0.5) is 0 Å². The van der Waals surface area contributed by atoms with Crippen molar-refractivity contribution < 1.29 is 9.53 Å². The van der Waals surface area contributed by atoms with E-state index in [-0.39, 0.29) is 49.2 Å². The number of carbonyl (C=O) groups excluding carboxylic acids is 1. The molecule has 0 saturated heterocycles. The molecule has 0 saturated carbocycles. The average molecular weight is 1540 g/mol. The molecule has 1 aliphatic carbocycles. The van der Waals surface area contributed by atoms with Gasteiger partial charge in [0.25, 0.3) is 0 Å². The topological polar surface area (TPSA) is 146 Å². The highest BCUT2D eigenvalue weighted by Crippen LogP contribution is 2.28. The number of likely N-dealkylation sites (N-methyl/N-ethyl adjacent to an activating group) is 1. The summed E-state index contributed by atoms with van der Waals surface area (Å²) in [7, 11) is 19.2. The summed E-state index contributed by atoms with van der Waals surface area (Å²) in [6, 6.07) is 9.49. The quantitative estimate of drug-likeness (QED) is 0.0936. The van der Waals surface area contributed by atoms with Crippen LogP contribution in [-0.2, 0) is 39.2 Å². The summed E-state index contributed by atoms with van der Waals surface area (Å²) in [4.78, 5) is 53.4. The first kappa shape index (κ1) is 128. The summed E-state index contributed by atoms with van der Waals surface area (Å²) in [6.45, 7) is 93.4. The van der Waals surface area contributed by atoms with E-state index >= 15 is 0 Å². The van der Waals surface area contributed by atoms with Crippen LogP contribution in [0.25, 0.3) is 6.08 Å². The van der Waals surface area contributed by atoms with Crippen LogP contribution in [0, 0.1) is 32.5 Å². The molecule has 4 aromatic heterocycles. The number of nitrogens with zero attached hydrogens (tertiary/aromatic N) is 13. The van der Waals surface area contributed by atoms with E-state index < -0.39 is 0 Å². The minimum atomic E-state index is -0.233. The van der Waals surface area contributed by atoms with E-state index in [1.165, 1.54) is 23.0 Å². The number of aliphatic imine (C=N–C) groups is 2. The summed E-state index contributed by atoms with van der Waals surface area (Å²) >= 11 is 10.0. The molecule has 2 aliphatic rings. The number of thiocarbonyl (C=S) groups is 2. The summed E-state index contributed by atoms with van der Waals surface area (Å²) in [5.74, 6) is 4.63. The van der Waals surface area contributed by atoms with Gasteiger partial charge in [-0.25, -0.2) is 24.9 Å². The normalized spacial score (nSPS) is 11.5. The standard InChI is InChI=1S/C12H18N2.C8H16N2.2C8H12N2.C8H18N2.C7H15NO.C7H15NS.C6H12OS.C5H5N.C5H12.8C2H6/c1-12(2,3)11-13-9-7-5-6-8-10(9)14(11)4;1-8(2,3)7-9-5-6-10(7)4;1-8(2,3)7-4-5-9-6-10-7;1-8(2,3)7-9-5-4-6-10-7;1-8(2,3)7(9-4)10(5)6;2*1-7(2,3)6(9)8(4)5;1-6(2,3)5(8)7-4;1-2-4-6-5-3-1;1-5(2,3)4;8*1-2/h5,7H,6,8H2,1-4H3;5-6H2,1-4H3;2*4-6H,1-3H3;1-6H3;2*1-5H3;1-4H3;1-5H;1-4H3;8*1-2H3. The number of amidine groups is 2. The molecule has 107 heavy (non-hydrogen) atoms. The van der Waals surface area contributed by atoms with Crippen LogP contribution in [0.1, 0.15) is 340 Å². The zero-order valence-corrected chi connectivity index (χ0v) is 82.9. The molecule has 632 valence electrons. The van der Waals surface area contributed by atoms with E-state index in [0.717, 1.165) is 48.3 Å². The first-order chi connectivity index (χ1) is 48.8. The largest absolute Gasteiger partial charge is 0.490 e. The van der Waals surface area contributed by atoms with E-state index in [1.54, 1.807) is 63.4 Å². The molecule has 0 unspecified atom stereocenters. The van der Waals surface area contributed by atoms with Crippen molar-refractivity contribution in [2.75, 3.05) is 76.6 Å². The van der Waals surface area contributed by atoms with E-state index in [1.807, 2.05) is 223 Å². The number of hydrogen-bond donors (Lipinski definition) is 0. The number of pyridine rings is 1. The zero-order chi connectivity index (χ0) is 88.5. The molecule has 4 aromatic rings. The first-order valence-corrected chi connectivity index (χ1v) is 40.7. The monoisotopic (exact) mass is 1540 g/mol. The van der Waals surface area contributed by atoms with E-state index in [2.05, 4.69) is 228 Å². The highest BCUT2D eigenvalue weighted by molar-refractivity contribution is 7.80. The Morgan fingerprint density at radius 2 is 0.916 bits per heavy atom. The Kier molecular flexibility index (Phi) is 83.3. The lowest BCUT2D eigenvalue weighted by Gasteiger charge is -2.27. The number of methoxy groups -OCH3 is 1. The molecule has 0 bridgehead atoms. The number of hydrogen-bond acceptors (Lipinski definition) is 13. The summed E-state index contributed by atoms with van der Waals surface area (Å²) < 4.78 is 7.11. The Labute approximate surface area is 680 Å². The number of ether oxygens (including phenoxy) is 1. The molecule has 15 nitrogen and oxygen atoms in total. The lowest BCUT2D eigenvalue weighted by Crippen LogP contribution is -2.33. The van der Waals surface area contributed by atoms with Gasteiger partial charge in [0, 0.05) is 156 Å². The Hall–Kier alpha value is -5.55. The molecule has 0 spiro atoms. The lowest BCUT2D eigenvalue weighted by atomic mass is 9.92. The van der Waals surface area contributed by atoms with Gasteiger partial charge in [0.1, 0.15) is 29.6 Å². The lowest BCUT2D eigenvalue weighted by molar-refractivity contribution is -0.136. The summed E-state index contributed by atoms with van der Waals surface area (Å²) in [5, 5.41) is 0.664. The van der Waals surface area contributed by atoms with Crippen LogP contribution in [-0.4, -0.2) is 158 Å². The molecule has 0 N–H and O–H groups in total. The molecule has 1 aliphatic heterocycles. The molecule has 6 rings (SSSR count). The first-order valence-electron chi connectivity index (χ1n) is 39.9. The average Bonchev–Trinajstić information content (AvgIpc) is 1.64. The molecule has 0 radical (unpaired) electrons. The number of carbonyl (C=O) groups is 1. The van der Waals surface area contributed by atoms with Crippen molar-refractivity contribution in [3.8, 4) is 0 Å². The van der Waals surface area contributed by atoms with Crippen LogP contribution in [0.15, 0.2) is 83.7 Å². The maximum atomic E-state index is 11.1. The number of aromatic nitrogens is 7. The van der Waals surface area contributed by atoms with Gasteiger partial charge in [0.15, 0.2) is 5.05 Å². The SMILES string of the molecule is CC.CC.CC.CC.CC.CC.CC.CC.CC(C)(C)C.CC(C)(C)c1ccncn1.CC(C)(C)c1ncccn1.CN(C)C(=O)C(C)(C)C.CN(C)C(=S)C(C)(C)C.CN1CCN=C1C(C)(C)C.CN=C(N(C)C)C(C)(C)C.COC(=S)C(C)(C)C.Cn1c(C(C)(C)C)nc2c1CCC=C2.c1ccncc1. The Balaban J connectivity index is -0.0000000924. The van der Waals surface area contributed by atoms with Crippen molar-refractivity contribution in [3.05, 3.63) is 102 Å². The highest BCUT2D eigenvalue weighted by Gasteiger charge is 2.27. The van der Waals surface area contributed by atoms with E-state index in [4.69, 9.17) is 34.2 Å². The minimum absolute atomic E-state index is 0.0179. The zero-order valence-electron chi connectivity index (χ0n) is 81.3. The fraction of sp³-hybridized carbons (Fsp3) is 0.744. The van der Waals surface area contributed by atoms with Gasteiger partial charge >= 0.3 is 0 Å². The predicted octanol–water partition coefficient (Wildman–Crippen LogP) is 25.6. The molecular formula is C90H183N13O2S2. The van der Waals surface area contributed by atoms with Crippen LogP contribution >= 0.6 is 24.4 Å². The van der Waals surface area contributed by atoms with Crippen molar-refractivity contribution >= 4 is 58.1 Å². The fourth-order valence-corrected chi connectivity index (χ4v) is 8.00. The van der Waals surface area contributed by atoms with Gasteiger partial charge in [-0.15, -0.1) is 0 Å². The third kappa shape index (κ3) is 75.6. The minimum Gasteiger partial charge on any atom is -0.490 e. The molecule has 0 aromatic carbocycles. The second-order valence-electron chi connectivity index (χ2n) is 32.9. The highest BCUT2D eigenvalue weighted by atomic mass is 32.1. The number of rotatable bonds is 0. The van der Waals surface area contributed by atoms with Gasteiger partial charge in [-0.2, -0.15) is 0 Å². The van der Waals surface area contributed by atoms with Crippen molar-refractivity contribution in [2.24, 2.45) is 49.5 Å². The molecule has 17 heteroatoms. The summed E-state index contributed by atoms with van der Waals surface area (Å²) in [5.41, 5.74) is 4.81. The molecule has 5 heterocycles. The van der Waals surface area contributed by atoms with Gasteiger partial charge in [0.2, 0.25) is 5.91 Å². The number of allylic oxidation sites excluding steroid dienone is 1. The van der Waals surface area contributed by atoms with Crippen LogP contribution in [0.5, 0.6) is 0 Å². The van der Waals surface area contributed by atoms with Crippen LogP contribution in [0.3, 0.4) is 0 Å². The second-order valence-corrected chi connectivity index (χ2v) is 33.7. The van der Waals surface area contributed by atoms with Gasteiger partial charge in [0.05, 0.1) is 24.3 Å². The van der Waals surface area contributed by atoms with E-state index in [9.17, 15) is 4.79 Å². The second kappa shape index (κ2) is 69.6. The Morgan fingerprint density at radius 3 is 1.07 bits per heavy atom. The van der Waals surface area contributed by atoms with Gasteiger partial charge < -0.3 is 28.9 Å². The van der Waals surface area contributed by atoms with Crippen LogP contribution in [0.2, 0.25) is 0 Å². The van der Waals surface area contributed by atoms with Gasteiger partial charge in [-0.3, -0.25) is 19.8 Å². The number of amides is 1. The smallest absolute Gasteiger partial charge is 0.227 e. The third-order valence-corrected chi connectivity index (χ3v) is 13.6. The van der Waals surface area contributed by atoms with Crippen molar-refractivity contribution in [1.29, 1.82) is 0 Å². The van der Waals surface area contributed by atoms with E-state index in [0.29, 0.717) is 10.5 Å².